The lowest BCUT2D eigenvalue weighted by Gasteiger charge is -2.47. The standard InChI is InChI=1S/C50H36N2O2/c1-3-18-37(4-2)51(38-23-12-7-13-24-38)40-29-31-46-44(34-40)50(35-19-8-5-9-20-35,36-21-10-6-11-22-36)43-26-15-16-27-45(43)52(46)39-30-32-48-42(33-39)49(53)41-25-14-17-28-47(41)54-48/h3-34H,1-2H2/b37-18+. The van der Waals surface area contributed by atoms with Gasteiger partial charge in [-0.3, -0.25) is 4.79 Å². The molecule has 7 aromatic carbocycles. The number of hydrogen-bond acceptors (Lipinski definition) is 4. The molecule has 0 unspecified atom stereocenters. The average molecular weight is 697 g/mol. The van der Waals surface area contributed by atoms with E-state index in [1.807, 2.05) is 72.8 Å². The number of nitrogens with zero attached hydrogens (tertiary/aromatic N) is 2. The number of anilines is 5. The molecule has 4 nitrogen and oxygen atoms in total. The highest BCUT2D eigenvalue weighted by molar-refractivity contribution is 5.96. The summed E-state index contributed by atoms with van der Waals surface area (Å²) in [5.41, 5.74) is 10.6. The molecule has 0 bridgehead atoms. The Labute approximate surface area is 314 Å². The molecular weight excluding hydrogens is 661 g/mol. The molecule has 258 valence electrons. The number of hydrogen-bond donors (Lipinski definition) is 0. The van der Waals surface area contributed by atoms with Gasteiger partial charge in [0, 0.05) is 22.8 Å². The van der Waals surface area contributed by atoms with E-state index in [0.29, 0.717) is 21.9 Å². The van der Waals surface area contributed by atoms with Gasteiger partial charge in [0.15, 0.2) is 0 Å². The Hall–Kier alpha value is -7.17. The molecule has 1 aliphatic heterocycles. The van der Waals surface area contributed by atoms with Crippen molar-refractivity contribution < 1.29 is 4.42 Å². The highest BCUT2D eigenvalue weighted by Gasteiger charge is 2.46. The first kappa shape index (κ1) is 32.7. The second-order valence-corrected chi connectivity index (χ2v) is 13.3. The van der Waals surface area contributed by atoms with Crippen molar-refractivity contribution >= 4 is 50.4 Å². The summed E-state index contributed by atoms with van der Waals surface area (Å²) in [5.74, 6) is 0. The van der Waals surface area contributed by atoms with Gasteiger partial charge in [-0.2, -0.15) is 0 Å². The molecule has 0 spiro atoms. The first-order valence-corrected chi connectivity index (χ1v) is 18.0. The molecule has 1 aliphatic rings. The summed E-state index contributed by atoms with van der Waals surface area (Å²) in [6.07, 6.45) is 5.63. The normalized spacial score (nSPS) is 13.3. The van der Waals surface area contributed by atoms with Gasteiger partial charge in [-0.25, -0.2) is 0 Å². The molecule has 0 radical (unpaired) electrons. The third-order valence-electron chi connectivity index (χ3n) is 10.4. The maximum absolute atomic E-state index is 14.0. The van der Waals surface area contributed by atoms with Crippen LogP contribution in [0.4, 0.5) is 28.4 Å². The van der Waals surface area contributed by atoms with Crippen molar-refractivity contribution in [2.75, 3.05) is 9.80 Å². The molecule has 0 amide bonds. The van der Waals surface area contributed by atoms with Crippen LogP contribution in [-0.4, -0.2) is 0 Å². The van der Waals surface area contributed by atoms with E-state index in [0.717, 1.165) is 56.4 Å². The van der Waals surface area contributed by atoms with Gasteiger partial charge in [-0.05, 0) is 101 Å². The molecule has 2 heterocycles. The summed E-state index contributed by atoms with van der Waals surface area (Å²) in [4.78, 5) is 18.5. The Balaban J connectivity index is 1.39. The lowest BCUT2D eigenvalue weighted by molar-refractivity contribution is 0.660. The maximum Gasteiger partial charge on any atom is 0.200 e. The Kier molecular flexibility index (Phi) is 8.13. The van der Waals surface area contributed by atoms with Gasteiger partial charge in [-0.15, -0.1) is 0 Å². The van der Waals surface area contributed by atoms with Crippen molar-refractivity contribution in [2.24, 2.45) is 0 Å². The van der Waals surface area contributed by atoms with Crippen LogP contribution in [0.15, 0.2) is 222 Å². The number of para-hydroxylation sites is 3. The van der Waals surface area contributed by atoms with E-state index in [2.05, 4.69) is 138 Å². The Morgan fingerprint density at radius 1 is 0.574 bits per heavy atom. The first-order valence-electron chi connectivity index (χ1n) is 18.0. The minimum absolute atomic E-state index is 0.0538. The number of rotatable bonds is 8. The van der Waals surface area contributed by atoms with Crippen molar-refractivity contribution in [1.29, 1.82) is 0 Å². The molecule has 0 saturated heterocycles. The molecule has 9 rings (SSSR count). The highest BCUT2D eigenvalue weighted by atomic mass is 16.3. The van der Waals surface area contributed by atoms with Crippen LogP contribution < -0.4 is 15.2 Å². The SMILES string of the molecule is C=C/C=C(\C=C)N(c1ccccc1)c1ccc2c(c1)C(c1ccccc1)(c1ccccc1)c1ccccc1N2c1ccc2oc3ccccc3c(=O)c2c1. The van der Waals surface area contributed by atoms with Gasteiger partial charge in [0.25, 0.3) is 0 Å². The Morgan fingerprint density at radius 3 is 1.89 bits per heavy atom. The Morgan fingerprint density at radius 2 is 1.19 bits per heavy atom. The smallest absolute Gasteiger partial charge is 0.200 e. The van der Waals surface area contributed by atoms with Crippen LogP contribution in [0.3, 0.4) is 0 Å². The van der Waals surface area contributed by atoms with Crippen LogP contribution in [0, 0.1) is 0 Å². The summed E-state index contributed by atoms with van der Waals surface area (Å²) in [6.45, 7) is 8.21. The van der Waals surface area contributed by atoms with Gasteiger partial charge in [0.2, 0.25) is 5.43 Å². The third kappa shape index (κ3) is 5.11. The van der Waals surface area contributed by atoms with Gasteiger partial charge in [0.05, 0.1) is 27.6 Å². The van der Waals surface area contributed by atoms with Crippen molar-refractivity contribution in [2.45, 2.75) is 5.41 Å². The van der Waals surface area contributed by atoms with Crippen LogP contribution in [0.1, 0.15) is 22.3 Å². The molecule has 0 aliphatic carbocycles. The predicted octanol–water partition coefficient (Wildman–Crippen LogP) is 12.5. The van der Waals surface area contributed by atoms with E-state index in [1.165, 1.54) is 0 Å². The van der Waals surface area contributed by atoms with Crippen LogP contribution in [0.5, 0.6) is 0 Å². The summed E-state index contributed by atoms with van der Waals surface area (Å²) in [5, 5.41) is 1.09. The van der Waals surface area contributed by atoms with Gasteiger partial charge in [-0.1, -0.05) is 128 Å². The van der Waals surface area contributed by atoms with Gasteiger partial charge in [0.1, 0.15) is 11.2 Å². The summed E-state index contributed by atoms with van der Waals surface area (Å²) in [7, 11) is 0. The zero-order valence-electron chi connectivity index (χ0n) is 29.6. The maximum atomic E-state index is 14.0. The molecule has 1 aromatic heterocycles. The van der Waals surface area contributed by atoms with Crippen LogP contribution in [0.25, 0.3) is 21.9 Å². The van der Waals surface area contributed by atoms with Crippen LogP contribution >= 0.6 is 0 Å². The molecular formula is C50H36N2O2. The monoisotopic (exact) mass is 696 g/mol. The third-order valence-corrected chi connectivity index (χ3v) is 10.4. The number of benzene rings is 7. The largest absolute Gasteiger partial charge is 0.456 e. The number of allylic oxidation sites excluding steroid dienone is 3. The fraction of sp³-hybridized carbons (Fsp3) is 0.0200. The zero-order chi connectivity index (χ0) is 36.6. The summed E-state index contributed by atoms with van der Waals surface area (Å²) in [6, 6.07) is 60.5. The van der Waals surface area contributed by atoms with Crippen molar-refractivity contribution in [1.82, 2.24) is 0 Å². The second-order valence-electron chi connectivity index (χ2n) is 13.3. The molecule has 8 aromatic rings. The van der Waals surface area contributed by atoms with Gasteiger partial charge >= 0.3 is 0 Å². The lowest BCUT2D eigenvalue weighted by atomic mass is 9.62. The quantitative estimate of drug-likeness (QED) is 0.117. The lowest BCUT2D eigenvalue weighted by Crippen LogP contribution is -2.38. The van der Waals surface area contributed by atoms with E-state index < -0.39 is 5.41 Å². The summed E-state index contributed by atoms with van der Waals surface area (Å²) < 4.78 is 6.25. The molecule has 54 heavy (non-hydrogen) atoms. The summed E-state index contributed by atoms with van der Waals surface area (Å²) >= 11 is 0. The average Bonchev–Trinajstić information content (AvgIpc) is 3.24. The minimum Gasteiger partial charge on any atom is -0.456 e. The van der Waals surface area contributed by atoms with Crippen molar-refractivity contribution in [3.05, 3.63) is 245 Å². The highest BCUT2D eigenvalue weighted by Crippen LogP contribution is 2.58. The van der Waals surface area contributed by atoms with E-state index in [-0.39, 0.29) is 5.43 Å². The fourth-order valence-electron chi connectivity index (χ4n) is 8.17. The molecule has 0 saturated carbocycles. The van der Waals surface area contributed by atoms with Crippen molar-refractivity contribution in [3.63, 3.8) is 0 Å². The minimum atomic E-state index is -0.716. The first-order chi connectivity index (χ1) is 26.6. The van der Waals surface area contributed by atoms with Crippen LogP contribution in [0.2, 0.25) is 0 Å². The van der Waals surface area contributed by atoms with Crippen molar-refractivity contribution in [3.8, 4) is 0 Å². The fourth-order valence-corrected chi connectivity index (χ4v) is 8.17. The van der Waals surface area contributed by atoms with Crippen LogP contribution in [-0.2, 0) is 5.41 Å². The number of fused-ring (bicyclic) bond motifs is 4. The second kappa shape index (κ2) is 13.4. The van der Waals surface area contributed by atoms with E-state index in [9.17, 15) is 4.79 Å². The van der Waals surface area contributed by atoms with E-state index in [1.54, 1.807) is 6.08 Å². The van der Waals surface area contributed by atoms with Gasteiger partial charge < -0.3 is 14.2 Å². The molecule has 0 atom stereocenters. The molecule has 4 heteroatoms. The zero-order valence-corrected chi connectivity index (χ0v) is 29.6. The molecule has 0 N–H and O–H groups in total. The predicted molar refractivity (Wildman–Crippen MR) is 224 cm³/mol. The Bertz CT molecular complexity index is 2750. The molecule has 0 fully saturated rings. The van der Waals surface area contributed by atoms with E-state index >= 15 is 0 Å². The van der Waals surface area contributed by atoms with E-state index in [4.69, 9.17) is 4.42 Å². The topological polar surface area (TPSA) is 36.7 Å².